The number of hydrogen-bond donors (Lipinski definition) is 2. The number of benzene rings is 4. The van der Waals surface area contributed by atoms with Crippen molar-refractivity contribution in [2.45, 2.75) is 58.2 Å². The van der Waals surface area contributed by atoms with Crippen molar-refractivity contribution in [1.29, 1.82) is 0 Å². The van der Waals surface area contributed by atoms with Crippen molar-refractivity contribution in [3.8, 4) is 11.3 Å². The normalized spacial score (nSPS) is 16.0. The Morgan fingerprint density at radius 2 is 1.49 bits per heavy atom. The lowest BCUT2D eigenvalue weighted by Gasteiger charge is -2.35. The Kier molecular flexibility index (Phi) is 8.15. The lowest BCUT2D eigenvalue weighted by atomic mass is 9.91. The number of para-hydroxylation sites is 1. The van der Waals surface area contributed by atoms with Gasteiger partial charge in [-0.25, -0.2) is 0 Å². The molecule has 0 bridgehead atoms. The molecule has 0 aliphatic carbocycles. The minimum Gasteiger partial charge on any atom is -0.354 e. The van der Waals surface area contributed by atoms with E-state index in [1.165, 1.54) is 5.56 Å². The Labute approximate surface area is 253 Å². The van der Waals surface area contributed by atoms with E-state index in [1.807, 2.05) is 77.7 Å². The van der Waals surface area contributed by atoms with Crippen LogP contribution < -0.4 is 5.32 Å². The van der Waals surface area contributed by atoms with Gasteiger partial charge in [-0.15, -0.1) is 0 Å². The maximum Gasteiger partial charge on any atom is 0.255 e. The highest BCUT2D eigenvalue weighted by atomic mass is 16.2. The molecule has 0 radical (unpaired) electrons. The van der Waals surface area contributed by atoms with Crippen LogP contribution in [0.1, 0.15) is 66.7 Å². The Bertz CT molecular complexity index is 1720. The van der Waals surface area contributed by atoms with Crippen LogP contribution in [-0.2, 0) is 11.2 Å². The fourth-order valence-corrected chi connectivity index (χ4v) is 6.47. The van der Waals surface area contributed by atoms with E-state index in [-0.39, 0.29) is 23.8 Å². The predicted octanol–water partition coefficient (Wildman–Crippen LogP) is 7.93. The summed E-state index contributed by atoms with van der Waals surface area (Å²) in [7, 11) is 0. The number of H-pyrrole nitrogens is 1. The number of hydrogen-bond acceptors (Lipinski definition) is 2. The van der Waals surface area contributed by atoms with E-state index < -0.39 is 12.1 Å². The average molecular weight is 570 g/mol. The number of nitrogens with zero attached hydrogens (tertiary/aromatic N) is 1. The highest BCUT2D eigenvalue weighted by Gasteiger charge is 2.45. The molecule has 1 aliphatic heterocycles. The first-order valence-electron chi connectivity index (χ1n) is 15.3. The fraction of sp³-hybridized carbons (Fsp3) is 0.263. The molecule has 5 nitrogen and oxygen atoms in total. The third-order valence-electron chi connectivity index (χ3n) is 8.51. The van der Waals surface area contributed by atoms with Gasteiger partial charge >= 0.3 is 0 Å². The van der Waals surface area contributed by atoms with Crippen molar-refractivity contribution < 1.29 is 9.59 Å². The summed E-state index contributed by atoms with van der Waals surface area (Å²) in [5.41, 5.74) is 6.90. The third-order valence-corrected chi connectivity index (χ3v) is 8.51. The second kappa shape index (κ2) is 12.3. The molecule has 1 aliphatic rings. The first-order chi connectivity index (χ1) is 20.9. The van der Waals surface area contributed by atoms with Crippen molar-refractivity contribution in [2.24, 2.45) is 5.92 Å². The summed E-state index contributed by atoms with van der Waals surface area (Å²) in [5, 5.41) is 4.34. The zero-order valence-electron chi connectivity index (χ0n) is 25.1. The number of aromatic nitrogens is 1. The molecule has 218 valence electrons. The Morgan fingerprint density at radius 1 is 0.837 bits per heavy atom. The SMILES string of the molecule is CC(C)CC(C(=O)NC(C)CCc1ccccc1)N1C(=O)c2ccccc2C1c1c(-c2ccccc2)[nH]c2ccccc12. The topological polar surface area (TPSA) is 65.2 Å². The minimum atomic E-state index is -0.624. The highest BCUT2D eigenvalue weighted by Crippen LogP contribution is 2.46. The second-order valence-electron chi connectivity index (χ2n) is 12.1. The van der Waals surface area contributed by atoms with Gasteiger partial charge in [0, 0.05) is 28.1 Å². The van der Waals surface area contributed by atoms with Crippen LogP contribution in [0.25, 0.3) is 22.2 Å². The largest absolute Gasteiger partial charge is 0.354 e. The van der Waals surface area contributed by atoms with Crippen LogP contribution in [0.3, 0.4) is 0 Å². The lowest BCUT2D eigenvalue weighted by Crippen LogP contribution is -2.51. The van der Waals surface area contributed by atoms with E-state index in [4.69, 9.17) is 0 Å². The van der Waals surface area contributed by atoms with Crippen molar-refractivity contribution >= 4 is 22.7 Å². The first-order valence-corrected chi connectivity index (χ1v) is 15.3. The molecule has 2 N–H and O–H groups in total. The number of nitrogens with one attached hydrogen (secondary N) is 2. The lowest BCUT2D eigenvalue weighted by molar-refractivity contribution is -0.127. The van der Waals surface area contributed by atoms with Gasteiger partial charge in [0.1, 0.15) is 6.04 Å². The molecule has 0 saturated carbocycles. The number of aryl methyl sites for hydroxylation is 1. The van der Waals surface area contributed by atoms with Crippen molar-refractivity contribution in [3.05, 3.63) is 131 Å². The molecule has 4 aromatic carbocycles. The molecule has 2 heterocycles. The summed E-state index contributed by atoms with van der Waals surface area (Å²) < 4.78 is 0. The molecule has 3 atom stereocenters. The summed E-state index contributed by atoms with van der Waals surface area (Å²) in [6.07, 6.45) is 2.27. The molecular formula is C38H39N3O2. The zero-order valence-corrected chi connectivity index (χ0v) is 25.1. The maximum atomic E-state index is 14.3. The Morgan fingerprint density at radius 3 is 2.23 bits per heavy atom. The van der Waals surface area contributed by atoms with Crippen molar-refractivity contribution in [3.63, 3.8) is 0 Å². The van der Waals surface area contributed by atoms with Gasteiger partial charge < -0.3 is 15.2 Å². The summed E-state index contributed by atoms with van der Waals surface area (Å²) >= 11 is 0. The van der Waals surface area contributed by atoms with Gasteiger partial charge in [-0.2, -0.15) is 0 Å². The Hall–Kier alpha value is -4.64. The summed E-state index contributed by atoms with van der Waals surface area (Å²) in [6, 6.07) is 35.6. The number of carbonyl (C=O) groups is 2. The monoisotopic (exact) mass is 569 g/mol. The van der Waals surface area contributed by atoms with E-state index in [2.05, 4.69) is 67.5 Å². The van der Waals surface area contributed by atoms with Crippen LogP contribution in [0.15, 0.2) is 109 Å². The van der Waals surface area contributed by atoms with Gasteiger partial charge in [-0.1, -0.05) is 111 Å². The molecular weight excluding hydrogens is 530 g/mol. The third kappa shape index (κ3) is 5.72. The van der Waals surface area contributed by atoms with Crippen LogP contribution in [0.2, 0.25) is 0 Å². The highest BCUT2D eigenvalue weighted by molar-refractivity contribution is 6.04. The molecule has 0 saturated heterocycles. The molecule has 3 unspecified atom stereocenters. The van der Waals surface area contributed by atoms with Crippen LogP contribution in [-0.4, -0.2) is 33.8 Å². The zero-order chi connectivity index (χ0) is 29.9. The molecule has 5 heteroatoms. The van der Waals surface area contributed by atoms with Crippen LogP contribution >= 0.6 is 0 Å². The summed E-state index contributed by atoms with van der Waals surface area (Å²) in [4.78, 5) is 34.1. The molecule has 0 fully saturated rings. The molecule has 1 aromatic heterocycles. The van der Waals surface area contributed by atoms with Gasteiger partial charge in [0.25, 0.3) is 5.91 Å². The number of carbonyl (C=O) groups excluding carboxylic acids is 2. The standard InChI is InChI=1S/C38H39N3O2/c1-25(2)24-33(37(42)39-26(3)22-23-27-14-6-4-7-15-27)41-36(29-18-10-11-19-30(29)38(41)43)34-31-20-12-13-21-32(31)40-35(34)28-16-8-5-9-17-28/h4-21,25-26,33,36,40H,22-24H2,1-3H3,(H,39,42). The first kappa shape index (κ1) is 28.5. The number of amides is 2. The van der Waals surface area contributed by atoms with E-state index in [1.54, 1.807) is 0 Å². The van der Waals surface area contributed by atoms with Crippen molar-refractivity contribution in [2.75, 3.05) is 0 Å². The molecule has 0 spiro atoms. The maximum absolute atomic E-state index is 14.3. The molecule has 6 rings (SSSR count). The van der Waals surface area contributed by atoms with Gasteiger partial charge in [-0.3, -0.25) is 9.59 Å². The average Bonchev–Trinajstić information content (AvgIpc) is 3.54. The van der Waals surface area contributed by atoms with E-state index in [9.17, 15) is 9.59 Å². The van der Waals surface area contributed by atoms with E-state index in [0.29, 0.717) is 12.0 Å². The van der Waals surface area contributed by atoms with Gasteiger partial charge in [0.05, 0.1) is 11.7 Å². The number of fused-ring (bicyclic) bond motifs is 2. The smallest absolute Gasteiger partial charge is 0.255 e. The van der Waals surface area contributed by atoms with E-state index >= 15 is 0 Å². The van der Waals surface area contributed by atoms with Gasteiger partial charge in [0.2, 0.25) is 5.91 Å². The fourth-order valence-electron chi connectivity index (χ4n) is 6.47. The van der Waals surface area contributed by atoms with Crippen LogP contribution in [0.5, 0.6) is 0 Å². The summed E-state index contributed by atoms with van der Waals surface area (Å²) in [5.74, 6) is 0.0215. The molecule has 2 amide bonds. The second-order valence-corrected chi connectivity index (χ2v) is 12.1. The van der Waals surface area contributed by atoms with Crippen molar-refractivity contribution in [1.82, 2.24) is 15.2 Å². The minimum absolute atomic E-state index is 0.0335. The van der Waals surface area contributed by atoms with E-state index in [0.717, 1.165) is 46.1 Å². The molecule has 5 aromatic rings. The van der Waals surface area contributed by atoms with Gasteiger partial charge in [0.15, 0.2) is 0 Å². The van der Waals surface area contributed by atoms with Crippen LogP contribution in [0, 0.1) is 5.92 Å². The number of aromatic amines is 1. The Balaban J connectivity index is 1.42. The number of rotatable bonds is 10. The quantitative estimate of drug-likeness (QED) is 0.179. The predicted molar refractivity (Wildman–Crippen MR) is 174 cm³/mol. The summed E-state index contributed by atoms with van der Waals surface area (Å²) in [6.45, 7) is 6.28. The van der Waals surface area contributed by atoms with Gasteiger partial charge in [-0.05, 0) is 60.9 Å². The molecule has 43 heavy (non-hydrogen) atoms. The van der Waals surface area contributed by atoms with Crippen LogP contribution in [0.4, 0.5) is 0 Å².